The molecular formula is C10H18ClF2NO2. The van der Waals surface area contributed by atoms with Gasteiger partial charge in [0, 0.05) is 19.0 Å². The summed E-state index contributed by atoms with van der Waals surface area (Å²) in [6.45, 7) is 2.51. The van der Waals surface area contributed by atoms with Crippen LogP contribution in [0.25, 0.3) is 0 Å². The minimum absolute atomic E-state index is 0.0334. The maximum Gasteiger partial charge on any atom is 0.261 e. The van der Waals surface area contributed by atoms with Gasteiger partial charge in [0.05, 0.1) is 13.0 Å². The van der Waals surface area contributed by atoms with Gasteiger partial charge in [0.25, 0.3) is 6.43 Å². The van der Waals surface area contributed by atoms with E-state index in [0.717, 1.165) is 6.42 Å². The van der Waals surface area contributed by atoms with E-state index in [4.69, 9.17) is 11.6 Å². The summed E-state index contributed by atoms with van der Waals surface area (Å²) in [5.41, 5.74) is 0. The van der Waals surface area contributed by atoms with Crippen molar-refractivity contribution in [1.29, 1.82) is 0 Å². The Labute approximate surface area is 99.7 Å². The molecule has 0 aliphatic rings. The lowest BCUT2D eigenvalue weighted by Crippen LogP contribution is -2.34. The molecule has 0 fully saturated rings. The number of hydrogen-bond donors (Lipinski definition) is 0. The molecule has 1 amide bonds. The van der Waals surface area contributed by atoms with E-state index >= 15 is 0 Å². The van der Waals surface area contributed by atoms with Gasteiger partial charge >= 0.3 is 0 Å². The van der Waals surface area contributed by atoms with Crippen molar-refractivity contribution in [3.05, 3.63) is 0 Å². The highest BCUT2D eigenvalue weighted by Crippen LogP contribution is 1.99. The predicted molar refractivity (Wildman–Crippen MR) is 59.0 cm³/mol. The molecule has 0 aliphatic carbocycles. The smallest absolute Gasteiger partial charge is 0.261 e. The number of amides is 1. The van der Waals surface area contributed by atoms with E-state index < -0.39 is 13.0 Å². The van der Waals surface area contributed by atoms with Crippen LogP contribution in [0.5, 0.6) is 0 Å². The molecule has 0 unspecified atom stereocenters. The second-order valence-corrected chi connectivity index (χ2v) is 3.66. The lowest BCUT2D eigenvalue weighted by Gasteiger charge is -2.20. The highest BCUT2D eigenvalue weighted by atomic mass is 35.5. The monoisotopic (exact) mass is 257 g/mol. The van der Waals surface area contributed by atoms with E-state index in [1.54, 1.807) is 4.90 Å². The molecule has 0 aromatic heterocycles. The van der Waals surface area contributed by atoms with Crippen molar-refractivity contribution in [2.45, 2.75) is 26.2 Å². The van der Waals surface area contributed by atoms with Crippen LogP contribution in [0, 0.1) is 0 Å². The van der Waals surface area contributed by atoms with Crippen molar-refractivity contribution in [1.82, 2.24) is 4.90 Å². The summed E-state index contributed by atoms with van der Waals surface area (Å²) < 4.78 is 28.1. The number of carbonyl (C=O) groups excluding carboxylic acids is 1. The minimum Gasteiger partial charge on any atom is -0.375 e. The lowest BCUT2D eigenvalue weighted by atomic mass is 10.3. The first-order valence-electron chi connectivity index (χ1n) is 5.31. The van der Waals surface area contributed by atoms with Gasteiger partial charge in [-0.1, -0.05) is 6.92 Å². The quantitative estimate of drug-likeness (QED) is 0.468. The molecule has 0 saturated carbocycles. The van der Waals surface area contributed by atoms with Gasteiger partial charge in [-0.05, 0) is 6.42 Å². The standard InChI is InChI=1S/C10H18ClF2NO2/c1-2-5-14(6-4-11)10(15)3-7-16-8-9(12)13/h9H,2-8H2,1H3. The molecule has 16 heavy (non-hydrogen) atoms. The van der Waals surface area contributed by atoms with Gasteiger partial charge in [-0.3, -0.25) is 4.79 Å². The van der Waals surface area contributed by atoms with Crippen LogP contribution in [0.1, 0.15) is 19.8 Å². The molecule has 0 N–H and O–H groups in total. The van der Waals surface area contributed by atoms with Crippen molar-refractivity contribution in [3.8, 4) is 0 Å². The summed E-state index contributed by atoms with van der Waals surface area (Å²) >= 11 is 5.55. The fourth-order valence-electron chi connectivity index (χ4n) is 1.22. The first-order chi connectivity index (χ1) is 7.61. The van der Waals surface area contributed by atoms with Crippen LogP contribution in [0.15, 0.2) is 0 Å². The van der Waals surface area contributed by atoms with Crippen molar-refractivity contribution in [2.24, 2.45) is 0 Å². The van der Waals surface area contributed by atoms with Gasteiger partial charge < -0.3 is 9.64 Å². The number of nitrogens with zero attached hydrogens (tertiary/aromatic N) is 1. The zero-order valence-electron chi connectivity index (χ0n) is 9.42. The molecule has 0 aliphatic heterocycles. The maximum absolute atomic E-state index is 11.7. The average Bonchev–Trinajstić information content (AvgIpc) is 2.23. The third-order valence-corrected chi connectivity index (χ3v) is 2.07. The summed E-state index contributed by atoms with van der Waals surface area (Å²) in [4.78, 5) is 13.2. The molecule has 0 aromatic carbocycles. The Morgan fingerprint density at radius 1 is 1.44 bits per heavy atom. The Morgan fingerprint density at radius 3 is 2.62 bits per heavy atom. The normalized spacial score (nSPS) is 10.8. The van der Waals surface area contributed by atoms with E-state index in [0.29, 0.717) is 19.0 Å². The van der Waals surface area contributed by atoms with Crippen molar-refractivity contribution < 1.29 is 18.3 Å². The second kappa shape index (κ2) is 9.78. The molecule has 96 valence electrons. The lowest BCUT2D eigenvalue weighted by molar-refractivity contribution is -0.132. The molecular weight excluding hydrogens is 240 g/mol. The summed E-state index contributed by atoms with van der Waals surface area (Å²) in [5, 5.41) is 0. The third kappa shape index (κ3) is 7.82. The van der Waals surface area contributed by atoms with Gasteiger partial charge in [0.1, 0.15) is 6.61 Å². The Bertz CT molecular complexity index is 188. The molecule has 0 spiro atoms. The summed E-state index contributed by atoms with van der Waals surface area (Å²) in [6.07, 6.45) is -1.51. The third-order valence-electron chi connectivity index (χ3n) is 1.90. The van der Waals surface area contributed by atoms with Crippen LogP contribution < -0.4 is 0 Å². The van der Waals surface area contributed by atoms with Crippen molar-refractivity contribution in [2.75, 3.05) is 32.2 Å². The fourth-order valence-corrected chi connectivity index (χ4v) is 1.43. The van der Waals surface area contributed by atoms with Gasteiger partial charge in [0.15, 0.2) is 0 Å². The number of carbonyl (C=O) groups is 1. The zero-order chi connectivity index (χ0) is 12.4. The molecule has 0 radical (unpaired) electrons. The van der Waals surface area contributed by atoms with Crippen LogP contribution in [0.2, 0.25) is 0 Å². The topological polar surface area (TPSA) is 29.5 Å². The van der Waals surface area contributed by atoms with Crippen LogP contribution in [-0.4, -0.2) is 49.4 Å². The molecule has 0 heterocycles. The van der Waals surface area contributed by atoms with E-state index in [1.165, 1.54) is 0 Å². The van der Waals surface area contributed by atoms with Gasteiger partial charge in [-0.25, -0.2) is 8.78 Å². The van der Waals surface area contributed by atoms with E-state index in [2.05, 4.69) is 4.74 Å². The highest BCUT2D eigenvalue weighted by molar-refractivity contribution is 6.18. The van der Waals surface area contributed by atoms with E-state index in [-0.39, 0.29) is 18.9 Å². The van der Waals surface area contributed by atoms with Gasteiger partial charge in [-0.2, -0.15) is 0 Å². The summed E-state index contributed by atoms with van der Waals surface area (Å²) in [5.74, 6) is 0.278. The molecule has 0 rings (SSSR count). The Hall–Kier alpha value is -0.420. The summed E-state index contributed by atoms with van der Waals surface area (Å²) in [6, 6.07) is 0. The van der Waals surface area contributed by atoms with E-state index in [9.17, 15) is 13.6 Å². The van der Waals surface area contributed by atoms with Crippen LogP contribution in [0.4, 0.5) is 8.78 Å². The summed E-state index contributed by atoms with van der Waals surface area (Å²) in [7, 11) is 0. The Kier molecular flexibility index (Phi) is 9.52. The molecule has 0 atom stereocenters. The number of hydrogen-bond acceptors (Lipinski definition) is 2. The Balaban J connectivity index is 3.73. The van der Waals surface area contributed by atoms with Crippen LogP contribution >= 0.6 is 11.6 Å². The molecule has 6 heteroatoms. The fraction of sp³-hybridized carbons (Fsp3) is 0.900. The molecule has 3 nitrogen and oxygen atoms in total. The van der Waals surface area contributed by atoms with Crippen molar-refractivity contribution in [3.63, 3.8) is 0 Å². The molecule has 0 saturated heterocycles. The zero-order valence-corrected chi connectivity index (χ0v) is 10.2. The number of ether oxygens (including phenoxy) is 1. The van der Waals surface area contributed by atoms with Gasteiger partial charge in [0.2, 0.25) is 5.91 Å². The number of alkyl halides is 3. The molecule has 0 aromatic rings. The largest absolute Gasteiger partial charge is 0.375 e. The maximum atomic E-state index is 11.7. The van der Waals surface area contributed by atoms with Crippen molar-refractivity contribution >= 4 is 17.5 Å². The minimum atomic E-state index is -2.48. The predicted octanol–water partition coefficient (Wildman–Crippen LogP) is 2.14. The van der Waals surface area contributed by atoms with Crippen LogP contribution in [0.3, 0.4) is 0 Å². The number of halogens is 3. The average molecular weight is 258 g/mol. The SMILES string of the molecule is CCCN(CCCl)C(=O)CCOCC(F)F. The van der Waals surface area contributed by atoms with Crippen LogP contribution in [-0.2, 0) is 9.53 Å². The highest BCUT2D eigenvalue weighted by Gasteiger charge is 2.12. The molecule has 0 bridgehead atoms. The Morgan fingerprint density at radius 2 is 2.12 bits per heavy atom. The first kappa shape index (κ1) is 15.6. The first-order valence-corrected chi connectivity index (χ1v) is 5.84. The number of rotatable bonds is 9. The van der Waals surface area contributed by atoms with Gasteiger partial charge in [-0.15, -0.1) is 11.6 Å². The second-order valence-electron chi connectivity index (χ2n) is 3.29. The van der Waals surface area contributed by atoms with E-state index in [1.807, 2.05) is 6.92 Å².